The molecule has 0 bridgehead atoms. The maximum absolute atomic E-state index is 7.15. The molecule has 0 rings (SSSR count). The third-order valence-electron chi connectivity index (χ3n) is 2.20. The van der Waals surface area contributed by atoms with Crippen molar-refractivity contribution in [3.8, 4) is 0 Å². The average Bonchev–Trinajstić information content (AvgIpc) is 1.98. The molecule has 0 atom stereocenters. The second kappa shape index (κ2) is 5.31. The monoisotopic (exact) mass is 171 g/mol. The van der Waals surface area contributed by atoms with Crippen LogP contribution in [0.4, 0.5) is 0 Å². The van der Waals surface area contributed by atoms with Crippen LogP contribution < -0.4 is 0 Å². The molecule has 0 fully saturated rings. The van der Waals surface area contributed by atoms with Crippen molar-refractivity contribution in [3.05, 3.63) is 0 Å². The summed E-state index contributed by atoms with van der Waals surface area (Å²) < 4.78 is 5.31. The fourth-order valence-electron chi connectivity index (χ4n) is 0.751. The van der Waals surface area contributed by atoms with Crippen LogP contribution in [0, 0.1) is 10.8 Å². The summed E-state index contributed by atoms with van der Waals surface area (Å²) in [6, 6.07) is 0. The van der Waals surface area contributed by atoms with Gasteiger partial charge in [-0.2, -0.15) is 0 Å². The van der Waals surface area contributed by atoms with E-state index in [4.69, 9.17) is 10.1 Å². The van der Waals surface area contributed by atoms with Gasteiger partial charge in [-0.05, 0) is 18.8 Å². The van der Waals surface area contributed by atoms with Crippen LogP contribution in [-0.4, -0.2) is 18.9 Å². The molecule has 2 nitrogen and oxygen atoms in total. The lowest BCUT2D eigenvalue weighted by molar-refractivity contribution is 0.130. The van der Waals surface area contributed by atoms with E-state index >= 15 is 0 Å². The summed E-state index contributed by atoms with van der Waals surface area (Å²) in [5.74, 6) is 0. The van der Waals surface area contributed by atoms with Gasteiger partial charge in [-0.15, -0.1) is 0 Å². The molecule has 2 heteroatoms. The number of hydrogen-bond acceptors (Lipinski definition) is 2. The van der Waals surface area contributed by atoms with Gasteiger partial charge in [0.2, 0.25) is 0 Å². The van der Waals surface area contributed by atoms with Gasteiger partial charge in [0.1, 0.15) is 0 Å². The summed E-state index contributed by atoms with van der Waals surface area (Å²) in [6.45, 7) is 9.71. The average molecular weight is 171 g/mol. The molecular weight excluding hydrogens is 150 g/mol. The van der Waals surface area contributed by atoms with Crippen molar-refractivity contribution in [2.45, 2.75) is 40.5 Å². The van der Waals surface area contributed by atoms with Gasteiger partial charge < -0.3 is 10.1 Å². The molecular formula is C10H21NO. The third kappa shape index (κ3) is 6.35. The lowest BCUT2D eigenvalue weighted by Crippen LogP contribution is -2.14. The van der Waals surface area contributed by atoms with Gasteiger partial charge in [-0.3, -0.25) is 0 Å². The topological polar surface area (TPSA) is 33.1 Å². The smallest absolute Gasteiger partial charge is 0.0838 e. The van der Waals surface area contributed by atoms with Gasteiger partial charge >= 0.3 is 0 Å². The second-order valence-electron chi connectivity index (χ2n) is 4.10. The first-order valence-corrected chi connectivity index (χ1v) is 4.60. The number of nitrogens with one attached hydrogen (secondary N) is 1. The number of rotatable bonds is 6. The Kier molecular flexibility index (Phi) is 5.14. The third-order valence-corrected chi connectivity index (χ3v) is 2.20. The second-order valence-corrected chi connectivity index (χ2v) is 4.10. The molecule has 0 radical (unpaired) electrons. The highest BCUT2D eigenvalue weighted by Crippen LogP contribution is 2.23. The predicted molar refractivity (Wildman–Crippen MR) is 52.9 cm³/mol. The van der Waals surface area contributed by atoms with E-state index in [2.05, 4.69) is 20.8 Å². The predicted octanol–water partition coefficient (Wildman–Crippen LogP) is 2.87. The van der Waals surface area contributed by atoms with Crippen LogP contribution in [0.5, 0.6) is 0 Å². The van der Waals surface area contributed by atoms with E-state index in [1.165, 1.54) is 6.42 Å². The van der Waals surface area contributed by atoms with Gasteiger partial charge in [-0.25, -0.2) is 0 Å². The lowest BCUT2D eigenvalue weighted by atomic mass is 9.87. The standard InChI is InChI=1S/C10H21NO/c1-5-10(3,4)6-7-12-8-9(2)11/h11H,5-8H2,1-4H3. The molecule has 0 aromatic heterocycles. The fourth-order valence-corrected chi connectivity index (χ4v) is 0.751. The molecule has 12 heavy (non-hydrogen) atoms. The Morgan fingerprint density at radius 3 is 2.42 bits per heavy atom. The van der Waals surface area contributed by atoms with Gasteiger partial charge in [-0.1, -0.05) is 27.2 Å². The maximum atomic E-state index is 7.15. The van der Waals surface area contributed by atoms with Crippen LogP contribution >= 0.6 is 0 Å². The largest absolute Gasteiger partial charge is 0.376 e. The van der Waals surface area contributed by atoms with Crippen LogP contribution in [0.2, 0.25) is 0 Å². The van der Waals surface area contributed by atoms with Crippen LogP contribution in [0.3, 0.4) is 0 Å². The Labute approximate surface area is 75.8 Å². The van der Waals surface area contributed by atoms with Crippen LogP contribution in [0.1, 0.15) is 40.5 Å². The summed E-state index contributed by atoms with van der Waals surface area (Å²) in [6.07, 6.45) is 2.26. The molecule has 0 aliphatic heterocycles. The molecule has 72 valence electrons. The summed E-state index contributed by atoms with van der Waals surface area (Å²) in [4.78, 5) is 0. The van der Waals surface area contributed by atoms with Crippen LogP contribution in [0.25, 0.3) is 0 Å². The van der Waals surface area contributed by atoms with E-state index in [9.17, 15) is 0 Å². The van der Waals surface area contributed by atoms with E-state index in [0.29, 0.717) is 17.7 Å². The minimum Gasteiger partial charge on any atom is -0.376 e. The summed E-state index contributed by atoms with van der Waals surface area (Å²) in [7, 11) is 0. The minimum absolute atomic E-state index is 0.385. The van der Waals surface area contributed by atoms with Crippen molar-refractivity contribution in [2.75, 3.05) is 13.2 Å². The minimum atomic E-state index is 0.385. The molecule has 0 aromatic carbocycles. The molecule has 0 unspecified atom stereocenters. The van der Waals surface area contributed by atoms with Crippen molar-refractivity contribution in [1.82, 2.24) is 0 Å². The zero-order valence-electron chi connectivity index (χ0n) is 8.74. The number of hydrogen-bond donors (Lipinski definition) is 1. The molecule has 1 N–H and O–H groups in total. The van der Waals surface area contributed by atoms with E-state index < -0.39 is 0 Å². The molecule has 0 aromatic rings. The van der Waals surface area contributed by atoms with Gasteiger partial charge in [0.15, 0.2) is 0 Å². The first-order chi connectivity index (χ1) is 5.48. The van der Waals surface area contributed by atoms with Crippen molar-refractivity contribution < 1.29 is 4.74 Å². The molecule has 0 spiro atoms. The van der Waals surface area contributed by atoms with Crippen molar-refractivity contribution >= 4 is 5.71 Å². The highest BCUT2D eigenvalue weighted by Gasteiger charge is 2.13. The Bertz CT molecular complexity index is 141. The maximum Gasteiger partial charge on any atom is 0.0838 e. The number of ether oxygens (including phenoxy) is 1. The molecule has 0 saturated heterocycles. The summed E-state index contributed by atoms with van der Waals surface area (Å²) in [5, 5.41) is 7.15. The van der Waals surface area contributed by atoms with Crippen LogP contribution in [-0.2, 0) is 4.74 Å². The van der Waals surface area contributed by atoms with E-state index in [0.717, 1.165) is 13.0 Å². The zero-order valence-corrected chi connectivity index (χ0v) is 8.74. The Morgan fingerprint density at radius 1 is 1.42 bits per heavy atom. The molecule has 0 amide bonds. The van der Waals surface area contributed by atoms with Gasteiger partial charge in [0.05, 0.1) is 6.61 Å². The van der Waals surface area contributed by atoms with Crippen molar-refractivity contribution in [3.63, 3.8) is 0 Å². The van der Waals surface area contributed by atoms with Crippen LogP contribution in [0.15, 0.2) is 0 Å². The van der Waals surface area contributed by atoms with Crippen molar-refractivity contribution in [1.29, 1.82) is 5.41 Å². The molecule has 0 aliphatic rings. The van der Waals surface area contributed by atoms with Gasteiger partial charge in [0.25, 0.3) is 0 Å². The quantitative estimate of drug-likeness (QED) is 0.484. The molecule has 0 saturated carbocycles. The first-order valence-electron chi connectivity index (χ1n) is 4.60. The highest BCUT2D eigenvalue weighted by molar-refractivity contribution is 5.79. The summed E-state index contributed by atoms with van der Waals surface area (Å²) in [5.41, 5.74) is 0.986. The van der Waals surface area contributed by atoms with E-state index in [-0.39, 0.29) is 0 Å². The van der Waals surface area contributed by atoms with Crippen molar-refractivity contribution in [2.24, 2.45) is 5.41 Å². The van der Waals surface area contributed by atoms with E-state index in [1.54, 1.807) is 6.92 Å². The Balaban J connectivity index is 3.37. The summed E-state index contributed by atoms with van der Waals surface area (Å²) >= 11 is 0. The Hall–Kier alpha value is -0.370. The lowest BCUT2D eigenvalue weighted by Gasteiger charge is -2.21. The highest BCUT2D eigenvalue weighted by atomic mass is 16.5. The first kappa shape index (κ1) is 11.6. The molecule has 0 heterocycles. The Morgan fingerprint density at radius 2 is 2.00 bits per heavy atom. The fraction of sp³-hybridized carbons (Fsp3) is 0.900. The normalized spacial score (nSPS) is 11.7. The van der Waals surface area contributed by atoms with E-state index in [1.807, 2.05) is 0 Å². The SMILES string of the molecule is CCC(C)(C)CCOCC(C)=N. The molecule has 0 aliphatic carbocycles. The van der Waals surface area contributed by atoms with Gasteiger partial charge in [0, 0.05) is 12.3 Å². The zero-order chi connectivity index (χ0) is 9.61.